The molecule has 1 heterocycles. The minimum Gasteiger partial charge on any atom is -0.466 e. The van der Waals surface area contributed by atoms with Crippen LogP contribution in [0.4, 0.5) is 0 Å². The van der Waals surface area contributed by atoms with Crippen molar-refractivity contribution in [2.75, 3.05) is 6.61 Å². The zero-order chi connectivity index (χ0) is 22.8. The van der Waals surface area contributed by atoms with Crippen molar-refractivity contribution in [2.45, 2.75) is 65.7 Å². The molecule has 0 aliphatic heterocycles. The summed E-state index contributed by atoms with van der Waals surface area (Å²) in [5.41, 5.74) is 5.99. The van der Waals surface area contributed by atoms with Gasteiger partial charge < -0.3 is 9.30 Å². The Bertz CT molecular complexity index is 1160. The highest BCUT2D eigenvalue weighted by molar-refractivity contribution is 5.80. The van der Waals surface area contributed by atoms with Gasteiger partial charge in [-0.1, -0.05) is 43.7 Å². The Morgan fingerprint density at radius 1 is 1.09 bits per heavy atom. The van der Waals surface area contributed by atoms with Crippen LogP contribution in [0.1, 0.15) is 65.7 Å². The van der Waals surface area contributed by atoms with E-state index in [1.54, 1.807) is 5.57 Å². The highest BCUT2D eigenvalue weighted by Gasteiger charge is 2.57. The Hall–Kier alpha value is -2.36. The van der Waals surface area contributed by atoms with Crippen molar-refractivity contribution in [3.05, 3.63) is 48.3 Å². The van der Waals surface area contributed by atoms with Crippen molar-refractivity contribution in [2.24, 2.45) is 34.5 Å². The molecule has 0 amide bonds. The topological polar surface area (TPSA) is 44.1 Å². The summed E-state index contributed by atoms with van der Waals surface area (Å²) in [6, 6.07) is 8.52. The third-order valence-electron chi connectivity index (χ3n) is 9.98. The number of carbonyl (C=O) groups excluding carboxylic acids is 1. The van der Waals surface area contributed by atoms with Gasteiger partial charge in [0.2, 0.25) is 0 Å². The van der Waals surface area contributed by atoms with Crippen LogP contribution in [0.5, 0.6) is 0 Å². The Morgan fingerprint density at radius 2 is 1.91 bits per heavy atom. The molecule has 6 unspecified atom stereocenters. The number of hydrogen-bond acceptors (Lipinski definition) is 3. The summed E-state index contributed by atoms with van der Waals surface area (Å²) in [5, 5.41) is 0. The maximum atomic E-state index is 11.3. The number of hydrogen-bond donors (Lipinski definition) is 0. The van der Waals surface area contributed by atoms with Crippen molar-refractivity contribution in [3.8, 4) is 0 Å². The fourth-order valence-electron chi connectivity index (χ4n) is 8.18. The van der Waals surface area contributed by atoms with Crippen LogP contribution in [-0.4, -0.2) is 22.1 Å². The molecule has 4 aliphatic rings. The first-order valence-electron chi connectivity index (χ1n) is 12.9. The van der Waals surface area contributed by atoms with Crippen LogP contribution in [0.2, 0.25) is 0 Å². The average molecular weight is 445 g/mol. The molecule has 6 atom stereocenters. The van der Waals surface area contributed by atoms with Crippen molar-refractivity contribution < 1.29 is 9.53 Å². The fraction of sp³-hybridized carbons (Fsp3) is 0.586. The number of nitrogens with zero attached hydrogens (tertiary/aromatic N) is 2. The summed E-state index contributed by atoms with van der Waals surface area (Å²) in [4.78, 5) is 16.0. The number of imidazole rings is 1. The first kappa shape index (κ1) is 21.2. The van der Waals surface area contributed by atoms with Crippen LogP contribution in [0.25, 0.3) is 16.7 Å². The minimum atomic E-state index is -0.150. The lowest BCUT2D eigenvalue weighted by Gasteiger charge is -2.58. The largest absolute Gasteiger partial charge is 0.466 e. The van der Waals surface area contributed by atoms with Crippen LogP contribution in [0.15, 0.2) is 48.3 Å². The lowest BCUT2D eigenvalue weighted by Crippen LogP contribution is -2.49. The van der Waals surface area contributed by atoms with E-state index in [-0.39, 0.29) is 11.4 Å². The van der Waals surface area contributed by atoms with E-state index in [4.69, 9.17) is 9.72 Å². The zero-order valence-electron chi connectivity index (χ0n) is 20.2. The molecule has 1 aromatic carbocycles. The summed E-state index contributed by atoms with van der Waals surface area (Å²) in [7, 11) is 0. The van der Waals surface area contributed by atoms with Crippen LogP contribution < -0.4 is 0 Å². The molecule has 174 valence electrons. The Labute approximate surface area is 197 Å². The van der Waals surface area contributed by atoms with Gasteiger partial charge in [0, 0.05) is 18.0 Å². The summed E-state index contributed by atoms with van der Waals surface area (Å²) in [6.07, 6.45) is 15.7. The molecule has 0 N–H and O–H groups in total. The Balaban J connectivity index is 1.26. The normalized spacial score (nSPS) is 37.5. The molecule has 33 heavy (non-hydrogen) atoms. The van der Waals surface area contributed by atoms with Crippen LogP contribution in [0, 0.1) is 34.5 Å². The van der Waals surface area contributed by atoms with Gasteiger partial charge >= 0.3 is 5.97 Å². The van der Waals surface area contributed by atoms with Crippen LogP contribution in [-0.2, 0) is 9.53 Å². The van der Waals surface area contributed by atoms with Gasteiger partial charge in [-0.3, -0.25) is 4.79 Å². The van der Waals surface area contributed by atoms with Gasteiger partial charge in [0.15, 0.2) is 0 Å². The molecule has 4 heteroatoms. The number of fused-ring (bicyclic) bond motifs is 6. The first-order chi connectivity index (χ1) is 15.9. The van der Waals surface area contributed by atoms with Gasteiger partial charge in [0.25, 0.3) is 0 Å². The molecule has 0 bridgehead atoms. The summed E-state index contributed by atoms with van der Waals surface area (Å²) in [6.45, 7) is 7.18. The van der Waals surface area contributed by atoms with E-state index in [1.807, 2.05) is 6.33 Å². The van der Waals surface area contributed by atoms with E-state index >= 15 is 0 Å². The lowest BCUT2D eigenvalue weighted by atomic mass is 9.47. The van der Waals surface area contributed by atoms with E-state index in [1.165, 1.54) is 56.7 Å². The van der Waals surface area contributed by atoms with E-state index in [9.17, 15) is 4.79 Å². The van der Waals surface area contributed by atoms with Crippen molar-refractivity contribution in [1.29, 1.82) is 0 Å². The number of benzene rings is 1. The quantitative estimate of drug-likeness (QED) is 0.394. The molecule has 0 saturated heterocycles. The van der Waals surface area contributed by atoms with E-state index in [0.29, 0.717) is 23.9 Å². The van der Waals surface area contributed by atoms with E-state index in [0.717, 1.165) is 23.8 Å². The standard InChI is InChI=1S/C29H36N2O2/c1-19(32)33-17-20-12-14-28(2)21(16-20)8-9-22-23-10-11-27(29(23,3)15-13-24(22)28)31-18-30-25-6-4-5-7-26(25)31/h4-8,11,18,20,22-24H,9-10,12-17H2,1-3H3. The number of aromatic nitrogens is 2. The number of para-hydroxylation sites is 2. The second-order valence-electron chi connectivity index (χ2n) is 11.6. The maximum Gasteiger partial charge on any atom is 0.302 e. The smallest absolute Gasteiger partial charge is 0.302 e. The molecule has 1 aromatic heterocycles. The SMILES string of the molecule is CC(=O)OCC1CCC2(C)C(=CCC3C2CCC2(C)C(n4cnc5ccccc54)=CCC32)C1. The minimum absolute atomic E-state index is 0.150. The van der Waals surface area contributed by atoms with Crippen molar-refractivity contribution >= 4 is 22.7 Å². The van der Waals surface area contributed by atoms with Gasteiger partial charge in [0.05, 0.1) is 17.6 Å². The zero-order valence-corrected chi connectivity index (χ0v) is 20.2. The van der Waals surface area contributed by atoms with Crippen molar-refractivity contribution in [3.63, 3.8) is 0 Å². The summed E-state index contributed by atoms with van der Waals surface area (Å²) < 4.78 is 7.74. The molecule has 2 saturated carbocycles. The van der Waals surface area contributed by atoms with Crippen LogP contribution in [0.3, 0.4) is 0 Å². The van der Waals surface area contributed by atoms with Gasteiger partial charge in [-0.05, 0) is 86.2 Å². The van der Waals surface area contributed by atoms with Gasteiger partial charge in [0.1, 0.15) is 6.33 Å². The number of rotatable bonds is 3. The summed E-state index contributed by atoms with van der Waals surface area (Å²) >= 11 is 0. The molecule has 0 radical (unpaired) electrons. The second kappa shape index (κ2) is 7.58. The highest BCUT2D eigenvalue weighted by Crippen LogP contribution is 2.66. The number of ether oxygens (including phenoxy) is 1. The van der Waals surface area contributed by atoms with E-state index < -0.39 is 0 Å². The van der Waals surface area contributed by atoms with Gasteiger partial charge in [-0.15, -0.1) is 0 Å². The van der Waals surface area contributed by atoms with Gasteiger partial charge in [-0.25, -0.2) is 4.98 Å². The molecular weight excluding hydrogens is 408 g/mol. The average Bonchev–Trinajstić information content (AvgIpc) is 3.38. The fourth-order valence-corrected chi connectivity index (χ4v) is 8.18. The Morgan fingerprint density at radius 3 is 2.76 bits per heavy atom. The molecular formula is C29H36N2O2. The molecule has 0 spiro atoms. The van der Waals surface area contributed by atoms with Crippen LogP contribution >= 0.6 is 0 Å². The van der Waals surface area contributed by atoms with E-state index in [2.05, 4.69) is 54.8 Å². The second-order valence-corrected chi connectivity index (χ2v) is 11.6. The predicted molar refractivity (Wildman–Crippen MR) is 131 cm³/mol. The third kappa shape index (κ3) is 3.16. The summed E-state index contributed by atoms with van der Waals surface area (Å²) in [5.74, 6) is 2.58. The lowest BCUT2D eigenvalue weighted by molar-refractivity contribution is -0.142. The third-order valence-corrected chi connectivity index (χ3v) is 9.98. The molecule has 6 rings (SSSR count). The monoisotopic (exact) mass is 444 g/mol. The van der Waals surface area contributed by atoms with Crippen molar-refractivity contribution in [1.82, 2.24) is 9.55 Å². The Kier molecular flexibility index (Phi) is 4.87. The predicted octanol–water partition coefficient (Wildman–Crippen LogP) is 6.63. The highest BCUT2D eigenvalue weighted by atomic mass is 16.5. The van der Waals surface area contributed by atoms with Gasteiger partial charge in [-0.2, -0.15) is 0 Å². The number of allylic oxidation sites excluding steroid dienone is 4. The number of carbonyl (C=O) groups is 1. The molecule has 4 nitrogen and oxygen atoms in total. The molecule has 4 aliphatic carbocycles. The maximum absolute atomic E-state index is 11.3. The first-order valence-corrected chi connectivity index (χ1v) is 12.9. The molecule has 2 fully saturated rings. The molecule has 2 aromatic rings. The number of esters is 1.